The molecular formula is C26H20ClF3N4O2. The highest BCUT2D eigenvalue weighted by Crippen LogP contribution is 2.35. The minimum atomic E-state index is -4.54. The Morgan fingerprint density at radius 3 is 2.47 bits per heavy atom. The minimum absolute atomic E-state index is 0.0236. The van der Waals surface area contributed by atoms with Gasteiger partial charge in [0.05, 0.1) is 30.7 Å². The summed E-state index contributed by atoms with van der Waals surface area (Å²) >= 11 is 6.27. The normalized spacial score (nSPS) is 13.0. The van der Waals surface area contributed by atoms with E-state index >= 15 is 0 Å². The number of nitrogens with zero attached hydrogens (tertiary/aromatic N) is 4. The number of hydrogen-bond donors (Lipinski definition) is 0. The van der Waals surface area contributed by atoms with Gasteiger partial charge in [0.25, 0.3) is 0 Å². The zero-order valence-corrected chi connectivity index (χ0v) is 19.8. The summed E-state index contributed by atoms with van der Waals surface area (Å²) < 4.78 is 54.3. The molecule has 0 radical (unpaired) electrons. The van der Waals surface area contributed by atoms with E-state index in [-0.39, 0.29) is 24.4 Å². The summed E-state index contributed by atoms with van der Waals surface area (Å²) in [6.45, 7) is 0.509. The SMILES string of the molecule is COc1ccc(COCc2nnc3n2-c2ccc(Cl)cc2C(c2ccccc2C(F)(F)F)=NC3)cc1. The predicted octanol–water partition coefficient (Wildman–Crippen LogP) is 6.02. The number of alkyl halides is 3. The highest BCUT2D eigenvalue weighted by atomic mass is 35.5. The molecule has 10 heteroatoms. The molecule has 1 aliphatic heterocycles. The zero-order valence-electron chi connectivity index (χ0n) is 19.1. The van der Waals surface area contributed by atoms with Crippen LogP contribution in [0.4, 0.5) is 13.2 Å². The van der Waals surface area contributed by atoms with Crippen molar-refractivity contribution in [1.82, 2.24) is 14.8 Å². The quantitative estimate of drug-likeness (QED) is 0.317. The van der Waals surface area contributed by atoms with Gasteiger partial charge in [-0.05, 0) is 42.0 Å². The lowest BCUT2D eigenvalue weighted by Crippen LogP contribution is -2.16. The zero-order chi connectivity index (χ0) is 25.3. The molecule has 1 aromatic heterocycles. The van der Waals surface area contributed by atoms with E-state index in [4.69, 9.17) is 21.1 Å². The molecule has 0 atom stereocenters. The summed E-state index contributed by atoms with van der Waals surface area (Å²) in [5.74, 6) is 1.74. The maximum absolute atomic E-state index is 13.8. The summed E-state index contributed by atoms with van der Waals surface area (Å²) in [5.41, 5.74) is 1.38. The summed E-state index contributed by atoms with van der Waals surface area (Å²) in [6, 6.07) is 17.9. The average molecular weight is 513 g/mol. The van der Waals surface area contributed by atoms with E-state index in [1.165, 1.54) is 12.1 Å². The molecule has 3 aromatic carbocycles. The Hall–Kier alpha value is -3.69. The van der Waals surface area contributed by atoms with Gasteiger partial charge < -0.3 is 9.47 Å². The molecule has 184 valence electrons. The summed E-state index contributed by atoms with van der Waals surface area (Å²) in [4.78, 5) is 4.53. The number of aromatic nitrogens is 3. The first-order chi connectivity index (χ1) is 17.3. The largest absolute Gasteiger partial charge is 0.497 e. The van der Waals surface area contributed by atoms with Crippen LogP contribution in [0.1, 0.15) is 33.9 Å². The Labute approximate surface area is 210 Å². The van der Waals surface area contributed by atoms with Crippen LogP contribution < -0.4 is 4.74 Å². The monoisotopic (exact) mass is 512 g/mol. The summed E-state index contributed by atoms with van der Waals surface area (Å²) in [7, 11) is 1.60. The fraction of sp³-hybridized carbons (Fsp3) is 0.192. The predicted molar refractivity (Wildman–Crippen MR) is 129 cm³/mol. The van der Waals surface area contributed by atoms with Crippen molar-refractivity contribution in [2.75, 3.05) is 7.11 Å². The molecule has 0 saturated heterocycles. The molecule has 0 N–H and O–H groups in total. The molecule has 0 unspecified atom stereocenters. The molecule has 0 amide bonds. The molecule has 0 aliphatic carbocycles. The molecule has 0 saturated carbocycles. The van der Waals surface area contributed by atoms with Gasteiger partial charge in [-0.3, -0.25) is 9.56 Å². The number of fused-ring (bicyclic) bond motifs is 3. The highest BCUT2D eigenvalue weighted by molar-refractivity contribution is 6.31. The first-order valence-corrected chi connectivity index (χ1v) is 11.4. The Balaban J connectivity index is 1.50. The van der Waals surface area contributed by atoms with Crippen LogP contribution in [-0.2, 0) is 30.7 Å². The number of benzene rings is 3. The van der Waals surface area contributed by atoms with Gasteiger partial charge in [-0.15, -0.1) is 10.2 Å². The van der Waals surface area contributed by atoms with Gasteiger partial charge in [-0.2, -0.15) is 13.2 Å². The fourth-order valence-corrected chi connectivity index (χ4v) is 4.28. The number of halogens is 4. The van der Waals surface area contributed by atoms with Gasteiger partial charge in [0.2, 0.25) is 0 Å². The molecule has 2 heterocycles. The second-order valence-electron chi connectivity index (χ2n) is 8.08. The van der Waals surface area contributed by atoms with Crippen molar-refractivity contribution in [1.29, 1.82) is 0 Å². The number of rotatable bonds is 6. The van der Waals surface area contributed by atoms with Crippen LogP contribution in [-0.4, -0.2) is 27.6 Å². The smallest absolute Gasteiger partial charge is 0.417 e. The molecular weight excluding hydrogens is 493 g/mol. The van der Waals surface area contributed by atoms with Gasteiger partial charge >= 0.3 is 6.18 Å². The summed E-state index contributed by atoms with van der Waals surface area (Å²) in [5, 5.41) is 8.87. The topological polar surface area (TPSA) is 61.5 Å². The Morgan fingerprint density at radius 2 is 1.72 bits per heavy atom. The third kappa shape index (κ3) is 4.72. The van der Waals surface area contributed by atoms with Crippen LogP contribution >= 0.6 is 11.6 Å². The number of aliphatic imine (C=N–C) groups is 1. The highest BCUT2D eigenvalue weighted by Gasteiger charge is 2.35. The second kappa shape index (κ2) is 9.75. The molecule has 1 aliphatic rings. The maximum atomic E-state index is 13.8. The van der Waals surface area contributed by atoms with E-state index in [1.807, 2.05) is 24.3 Å². The van der Waals surface area contributed by atoms with Crippen molar-refractivity contribution in [3.63, 3.8) is 0 Å². The second-order valence-corrected chi connectivity index (χ2v) is 8.51. The average Bonchev–Trinajstić information content (AvgIpc) is 3.19. The van der Waals surface area contributed by atoms with Crippen LogP contribution in [0, 0.1) is 0 Å². The lowest BCUT2D eigenvalue weighted by molar-refractivity contribution is -0.137. The third-order valence-corrected chi connectivity index (χ3v) is 6.01. The lowest BCUT2D eigenvalue weighted by atomic mass is 9.96. The van der Waals surface area contributed by atoms with E-state index in [1.54, 1.807) is 35.9 Å². The molecule has 5 rings (SSSR count). The van der Waals surface area contributed by atoms with Crippen molar-refractivity contribution in [3.05, 3.63) is 106 Å². The van der Waals surface area contributed by atoms with Crippen LogP contribution in [0.5, 0.6) is 5.75 Å². The van der Waals surface area contributed by atoms with Gasteiger partial charge in [-0.25, -0.2) is 0 Å². The number of ether oxygens (including phenoxy) is 2. The van der Waals surface area contributed by atoms with Crippen LogP contribution in [0.15, 0.2) is 71.7 Å². The van der Waals surface area contributed by atoms with Gasteiger partial charge in [0.1, 0.15) is 18.9 Å². The third-order valence-electron chi connectivity index (χ3n) is 5.78. The van der Waals surface area contributed by atoms with Crippen LogP contribution in [0.25, 0.3) is 5.69 Å². The van der Waals surface area contributed by atoms with Crippen molar-refractivity contribution in [2.24, 2.45) is 4.99 Å². The number of methoxy groups -OCH3 is 1. The summed E-state index contributed by atoms with van der Waals surface area (Å²) in [6.07, 6.45) is -4.54. The van der Waals surface area contributed by atoms with E-state index in [9.17, 15) is 13.2 Å². The van der Waals surface area contributed by atoms with Gasteiger partial charge in [-0.1, -0.05) is 41.9 Å². The van der Waals surface area contributed by atoms with E-state index < -0.39 is 11.7 Å². The van der Waals surface area contributed by atoms with Crippen molar-refractivity contribution >= 4 is 17.3 Å². The molecule has 36 heavy (non-hydrogen) atoms. The lowest BCUT2D eigenvalue weighted by Gasteiger charge is -2.17. The van der Waals surface area contributed by atoms with Crippen molar-refractivity contribution in [3.8, 4) is 11.4 Å². The number of hydrogen-bond acceptors (Lipinski definition) is 5. The van der Waals surface area contributed by atoms with Gasteiger partial charge in [0, 0.05) is 16.1 Å². The van der Waals surface area contributed by atoms with Crippen LogP contribution in [0.3, 0.4) is 0 Å². The van der Waals surface area contributed by atoms with E-state index in [0.29, 0.717) is 34.5 Å². The minimum Gasteiger partial charge on any atom is -0.497 e. The molecule has 6 nitrogen and oxygen atoms in total. The Kier molecular flexibility index (Phi) is 6.51. The molecule has 0 spiro atoms. The van der Waals surface area contributed by atoms with Crippen molar-refractivity contribution in [2.45, 2.75) is 25.9 Å². The first-order valence-electron chi connectivity index (χ1n) is 11.0. The fourth-order valence-electron chi connectivity index (χ4n) is 4.10. The molecule has 0 bridgehead atoms. The maximum Gasteiger partial charge on any atom is 0.417 e. The molecule has 4 aromatic rings. The van der Waals surface area contributed by atoms with E-state index in [0.717, 1.165) is 17.4 Å². The Bertz CT molecular complexity index is 1430. The van der Waals surface area contributed by atoms with Crippen molar-refractivity contribution < 1.29 is 22.6 Å². The first kappa shape index (κ1) is 24.0. The van der Waals surface area contributed by atoms with Crippen LogP contribution in [0.2, 0.25) is 5.02 Å². The van der Waals surface area contributed by atoms with E-state index in [2.05, 4.69) is 15.2 Å². The van der Waals surface area contributed by atoms with Gasteiger partial charge in [0.15, 0.2) is 11.6 Å². The molecule has 0 fully saturated rings. The standard InChI is InChI=1S/C26H20ClF3N4O2/c1-35-18-9-6-16(7-10-18)14-36-15-24-33-32-23-13-31-25(19-4-2-3-5-21(19)26(28,29)30)20-12-17(27)8-11-22(20)34(23)24/h2-12H,13-15H2,1H3. The Morgan fingerprint density at radius 1 is 0.944 bits per heavy atom.